The minimum atomic E-state index is -0.0376. The van der Waals surface area contributed by atoms with E-state index in [9.17, 15) is 4.79 Å². The van der Waals surface area contributed by atoms with Gasteiger partial charge in [-0.1, -0.05) is 0 Å². The molecular formula is C9H7IN2OS2. The molecule has 0 spiro atoms. The third kappa shape index (κ3) is 2.99. The molecule has 0 unspecified atom stereocenters. The van der Waals surface area contributed by atoms with E-state index in [0.717, 1.165) is 13.5 Å². The molecule has 1 N–H and O–H groups in total. The first-order valence-electron chi connectivity index (χ1n) is 4.16. The van der Waals surface area contributed by atoms with E-state index in [1.807, 2.05) is 16.8 Å². The lowest BCUT2D eigenvalue weighted by molar-refractivity contribution is 0.0951. The number of thiophene rings is 1. The second kappa shape index (κ2) is 5.04. The Balaban J connectivity index is 1.93. The first kappa shape index (κ1) is 11.0. The normalized spacial score (nSPS) is 10.2. The summed E-state index contributed by atoms with van der Waals surface area (Å²) in [7, 11) is 0. The van der Waals surface area contributed by atoms with Crippen molar-refractivity contribution in [3.8, 4) is 0 Å². The van der Waals surface area contributed by atoms with Crippen molar-refractivity contribution in [3.63, 3.8) is 0 Å². The molecule has 6 heteroatoms. The Kier molecular flexibility index (Phi) is 3.71. The largest absolute Gasteiger partial charge is 0.345 e. The van der Waals surface area contributed by atoms with Gasteiger partial charge in [0, 0.05) is 17.0 Å². The number of amides is 1. The van der Waals surface area contributed by atoms with E-state index in [4.69, 9.17) is 0 Å². The lowest BCUT2D eigenvalue weighted by Gasteiger charge is -1.99. The Bertz CT molecular complexity index is 452. The van der Waals surface area contributed by atoms with Crippen LogP contribution in [0.2, 0.25) is 0 Å². The molecule has 0 aliphatic rings. The molecule has 0 atom stereocenters. The summed E-state index contributed by atoms with van der Waals surface area (Å²) in [5.74, 6) is -0.0376. The quantitative estimate of drug-likeness (QED) is 0.865. The minimum Gasteiger partial charge on any atom is -0.345 e. The zero-order valence-corrected chi connectivity index (χ0v) is 11.4. The van der Waals surface area contributed by atoms with E-state index in [2.05, 4.69) is 32.9 Å². The molecular weight excluding hydrogens is 343 g/mol. The van der Waals surface area contributed by atoms with Crippen molar-refractivity contribution in [1.82, 2.24) is 10.3 Å². The van der Waals surface area contributed by atoms with E-state index in [1.54, 1.807) is 28.9 Å². The lowest BCUT2D eigenvalue weighted by atomic mass is 10.3. The summed E-state index contributed by atoms with van der Waals surface area (Å²) >= 11 is 5.31. The molecule has 2 aromatic heterocycles. The predicted octanol–water partition coefficient (Wildman–Crippen LogP) is 2.74. The molecule has 0 fully saturated rings. The average molecular weight is 350 g/mol. The van der Waals surface area contributed by atoms with Crippen LogP contribution in [0, 0.1) is 2.88 Å². The molecule has 0 saturated heterocycles. The number of carbonyl (C=O) groups is 1. The molecule has 2 rings (SSSR count). The van der Waals surface area contributed by atoms with Crippen LogP contribution in [0.1, 0.15) is 15.4 Å². The highest BCUT2D eigenvalue weighted by atomic mass is 127. The number of hydrogen-bond donors (Lipinski definition) is 1. The predicted molar refractivity (Wildman–Crippen MR) is 70.3 cm³/mol. The van der Waals surface area contributed by atoms with Crippen molar-refractivity contribution in [3.05, 3.63) is 36.5 Å². The summed E-state index contributed by atoms with van der Waals surface area (Å²) in [6, 6.07) is 1.88. The van der Waals surface area contributed by atoms with Gasteiger partial charge in [0.15, 0.2) is 0 Å². The third-order valence-electron chi connectivity index (χ3n) is 1.71. The minimum absolute atomic E-state index is 0.0376. The van der Waals surface area contributed by atoms with Gasteiger partial charge in [-0.15, -0.1) is 22.7 Å². The van der Waals surface area contributed by atoms with Gasteiger partial charge in [0.05, 0.1) is 15.0 Å². The van der Waals surface area contributed by atoms with Crippen LogP contribution >= 0.6 is 45.3 Å². The van der Waals surface area contributed by atoms with Crippen molar-refractivity contribution < 1.29 is 4.79 Å². The lowest BCUT2D eigenvalue weighted by Crippen LogP contribution is -2.22. The molecule has 0 aromatic carbocycles. The summed E-state index contributed by atoms with van der Waals surface area (Å²) in [6.45, 7) is 0.503. The maximum absolute atomic E-state index is 11.6. The Hall–Kier alpha value is -0.470. The van der Waals surface area contributed by atoms with Crippen LogP contribution in [0.15, 0.2) is 23.0 Å². The van der Waals surface area contributed by atoms with Crippen molar-refractivity contribution in [2.45, 2.75) is 6.54 Å². The summed E-state index contributed by atoms with van der Waals surface area (Å²) in [4.78, 5) is 15.7. The third-order valence-corrected chi connectivity index (χ3v) is 4.28. The highest BCUT2D eigenvalue weighted by Crippen LogP contribution is 2.16. The molecule has 2 heterocycles. The van der Waals surface area contributed by atoms with E-state index in [1.165, 1.54) is 0 Å². The van der Waals surface area contributed by atoms with Gasteiger partial charge in [0.1, 0.15) is 5.01 Å². The van der Waals surface area contributed by atoms with Crippen LogP contribution in [-0.4, -0.2) is 10.9 Å². The Morgan fingerprint density at radius 1 is 1.53 bits per heavy atom. The number of aromatic nitrogens is 1. The smallest absolute Gasteiger partial charge is 0.252 e. The van der Waals surface area contributed by atoms with Gasteiger partial charge in [-0.3, -0.25) is 4.79 Å². The number of hydrogen-bond acceptors (Lipinski definition) is 4. The molecule has 15 heavy (non-hydrogen) atoms. The van der Waals surface area contributed by atoms with Crippen molar-refractivity contribution in [2.24, 2.45) is 0 Å². The van der Waals surface area contributed by atoms with Crippen LogP contribution < -0.4 is 5.32 Å². The Labute approximate surface area is 109 Å². The molecule has 0 aliphatic carbocycles. The Morgan fingerprint density at radius 2 is 2.40 bits per heavy atom. The van der Waals surface area contributed by atoms with Gasteiger partial charge in [-0.2, -0.15) is 0 Å². The molecule has 3 nitrogen and oxygen atoms in total. The van der Waals surface area contributed by atoms with Crippen molar-refractivity contribution >= 4 is 51.2 Å². The molecule has 2 aromatic rings. The van der Waals surface area contributed by atoms with E-state index in [-0.39, 0.29) is 5.91 Å². The number of thiazole rings is 1. The van der Waals surface area contributed by atoms with Crippen LogP contribution in [0.3, 0.4) is 0 Å². The number of nitrogens with zero attached hydrogens (tertiary/aromatic N) is 1. The van der Waals surface area contributed by atoms with Crippen LogP contribution in [0.5, 0.6) is 0 Å². The molecule has 0 saturated carbocycles. The molecule has 1 amide bonds. The monoisotopic (exact) mass is 350 g/mol. The summed E-state index contributed by atoms with van der Waals surface area (Å²) in [5.41, 5.74) is 0.723. The summed E-state index contributed by atoms with van der Waals surface area (Å²) < 4.78 is 1.12. The van der Waals surface area contributed by atoms with E-state index in [0.29, 0.717) is 6.54 Å². The number of carbonyl (C=O) groups excluding carboxylic acids is 1. The van der Waals surface area contributed by atoms with Gasteiger partial charge in [-0.05, 0) is 28.7 Å². The molecule has 78 valence electrons. The second-order valence-electron chi connectivity index (χ2n) is 2.75. The molecule has 0 bridgehead atoms. The first-order chi connectivity index (χ1) is 7.25. The van der Waals surface area contributed by atoms with Crippen molar-refractivity contribution in [1.29, 1.82) is 0 Å². The van der Waals surface area contributed by atoms with Gasteiger partial charge in [-0.25, -0.2) is 4.98 Å². The fourth-order valence-electron chi connectivity index (χ4n) is 1.03. The van der Waals surface area contributed by atoms with Gasteiger partial charge >= 0.3 is 0 Å². The molecule has 0 aliphatic heterocycles. The standard InChI is InChI=1S/C9H7IN2OS2/c10-7-3-6(5-15-7)9(13)12-4-8-11-1-2-14-8/h1-3,5H,4H2,(H,12,13). The van der Waals surface area contributed by atoms with Gasteiger partial charge in [0.25, 0.3) is 5.91 Å². The number of nitrogens with one attached hydrogen (secondary N) is 1. The Morgan fingerprint density at radius 3 is 3.00 bits per heavy atom. The fourth-order valence-corrected chi connectivity index (χ4v) is 2.91. The van der Waals surface area contributed by atoms with Crippen molar-refractivity contribution in [2.75, 3.05) is 0 Å². The zero-order chi connectivity index (χ0) is 10.7. The van der Waals surface area contributed by atoms with Crippen LogP contribution in [-0.2, 0) is 6.54 Å². The fraction of sp³-hybridized carbons (Fsp3) is 0.111. The van der Waals surface area contributed by atoms with E-state index >= 15 is 0 Å². The number of rotatable bonds is 3. The summed E-state index contributed by atoms with van der Waals surface area (Å²) in [5, 5.41) is 7.51. The molecule has 0 radical (unpaired) electrons. The van der Waals surface area contributed by atoms with E-state index < -0.39 is 0 Å². The maximum Gasteiger partial charge on any atom is 0.252 e. The summed E-state index contributed by atoms with van der Waals surface area (Å²) in [6.07, 6.45) is 1.74. The SMILES string of the molecule is O=C(NCc1nccs1)c1csc(I)c1. The highest BCUT2D eigenvalue weighted by Gasteiger charge is 2.07. The average Bonchev–Trinajstić information content (AvgIpc) is 2.84. The second-order valence-corrected chi connectivity index (χ2v) is 6.53. The topological polar surface area (TPSA) is 42.0 Å². The first-order valence-corrected chi connectivity index (χ1v) is 7.00. The van der Waals surface area contributed by atoms with Gasteiger partial charge < -0.3 is 5.32 Å². The van der Waals surface area contributed by atoms with Crippen LogP contribution in [0.4, 0.5) is 0 Å². The zero-order valence-electron chi connectivity index (χ0n) is 7.57. The van der Waals surface area contributed by atoms with Crippen LogP contribution in [0.25, 0.3) is 0 Å². The number of halogens is 1. The highest BCUT2D eigenvalue weighted by molar-refractivity contribution is 14.1. The maximum atomic E-state index is 11.6. The van der Waals surface area contributed by atoms with Gasteiger partial charge in [0.2, 0.25) is 0 Å².